The van der Waals surface area contributed by atoms with Crippen LogP contribution >= 0.6 is 0 Å². The van der Waals surface area contributed by atoms with Crippen LogP contribution in [-0.4, -0.2) is 4.98 Å². The fourth-order valence-corrected chi connectivity index (χ4v) is 1.85. The summed E-state index contributed by atoms with van der Waals surface area (Å²) in [4.78, 5) is 4.12. The highest BCUT2D eigenvalue weighted by molar-refractivity contribution is 5.77. The Hall–Kier alpha value is -2.23. The lowest BCUT2D eigenvalue weighted by atomic mass is 10.2. The van der Waals surface area contributed by atoms with E-state index in [1.54, 1.807) is 12.1 Å². The van der Waals surface area contributed by atoms with Gasteiger partial charge in [0.05, 0.1) is 0 Å². The van der Waals surface area contributed by atoms with Gasteiger partial charge in [-0.2, -0.15) is 0 Å². The second kappa shape index (κ2) is 3.91. The van der Waals surface area contributed by atoms with Crippen LogP contribution in [0.1, 0.15) is 5.56 Å². The largest absolute Gasteiger partial charge is 0.436 e. The summed E-state index contributed by atoms with van der Waals surface area (Å²) >= 11 is 0. The number of aryl methyl sites for hydroxylation is 1. The molecule has 3 aromatic rings. The average molecular weight is 245 g/mol. The summed E-state index contributed by atoms with van der Waals surface area (Å²) in [6.45, 7) is 1.91. The number of benzene rings is 2. The Kier molecular flexibility index (Phi) is 2.37. The normalized spacial score (nSPS) is 11.1. The van der Waals surface area contributed by atoms with Crippen LogP contribution in [0.4, 0.5) is 8.78 Å². The predicted molar refractivity (Wildman–Crippen MR) is 64.1 cm³/mol. The highest BCUT2D eigenvalue weighted by Gasteiger charge is 2.17. The van der Waals surface area contributed by atoms with Crippen molar-refractivity contribution in [1.82, 2.24) is 4.98 Å². The van der Waals surface area contributed by atoms with E-state index in [1.165, 1.54) is 18.2 Å². The molecule has 0 aliphatic carbocycles. The number of halogens is 2. The number of fused-ring (bicyclic) bond motifs is 1. The quantitative estimate of drug-likeness (QED) is 0.645. The van der Waals surface area contributed by atoms with E-state index in [-0.39, 0.29) is 11.5 Å². The van der Waals surface area contributed by atoms with Crippen LogP contribution in [0.5, 0.6) is 0 Å². The number of aromatic nitrogens is 1. The molecule has 0 aliphatic heterocycles. The fourth-order valence-electron chi connectivity index (χ4n) is 1.85. The summed E-state index contributed by atoms with van der Waals surface area (Å²) in [5.74, 6) is -1.40. The molecule has 0 unspecified atom stereocenters. The van der Waals surface area contributed by atoms with Gasteiger partial charge < -0.3 is 4.42 Å². The monoisotopic (exact) mass is 245 g/mol. The zero-order chi connectivity index (χ0) is 12.7. The van der Waals surface area contributed by atoms with Crippen molar-refractivity contribution in [3.8, 4) is 11.5 Å². The first-order valence-corrected chi connectivity index (χ1v) is 5.47. The van der Waals surface area contributed by atoms with Crippen molar-refractivity contribution in [2.75, 3.05) is 0 Å². The lowest BCUT2D eigenvalue weighted by Crippen LogP contribution is -1.89. The van der Waals surface area contributed by atoms with E-state index in [4.69, 9.17) is 4.42 Å². The molecular formula is C14H9F2NO. The van der Waals surface area contributed by atoms with Crippen molar-refractivity contribution < 1.29 is 13.2 Å². The summed E-state index contributed by atoms with van der Waals surface area (Å²) in [7, 11) is 0. The van der Waals surface area contributed by atoms with Gasteiger partial charge in [-0.05, 0) is 36.8 Å². The van der Waals surface area contributed by atoms with Gasteiger partial charge in [-0.15, -0.1) is 0 Å². The van der Waals surface area contributed by atoms with E-state index in [0.717, 1.165) is 5.56 Å². The molecule has 90 valence electrons. The SMILES string of the molecule is Cc1ccc2oc(-c3c(F)cccc3F)nc2c1. The van der Waals surface area contributed by atoms with E-state index in [2.05, 4.69) is 4.98 Å². The van der Waals surface area contributed by atoms with E-state index < -0.39 is 11.6 Å². The van der Waals surface area contributed by atoms with Crippen molar-refractivity contribution in [3.63, 3.8) is 0 Å². The van der Waals surface area contributed by atoms with Crippen molar-refractivity contribution in [2.24, 2.45) is 0 Å². The summed E-state index contributed by atoms with van der Waals surface area (Å²) in [6.07, 6.45) is 0. The van der Waals surface area contributed by atoms with Crippen LogP contribution in [0.3, 0.4) is 0 Å². The third-order valence-corrected chi connectivity index (χ3v) is 2.72. The molecule has 0 bridgehead atoms. The molecular weight excluding hydrogens is 236 g/mol. The molecule has 2 nitrogen and oxygen atoms in total. The number of nitrogens with zero attached hydrogens (tertiary/aromatic N) is 1. The Morgan fingerprint density at radius 1 is 1.06 bits per heavy atom. The van der Waals surface area contributed by atoms with E-state index in [1.807, 2.05) is 13.0 Å². The predicted octanol–water partition coefficient (Wildman–Crippen LogP) is 4.08. The van der Waals surface area contributed by atoms with E-state index >= 15 is 0 Å². The van der Waals surface area contributed by atoms with Gasteiger partial charge in [0.15, 0.2) is 5.58 Å². The lowest BCUT2D eigenvalue weighted by molar-refractivity contribution is 0.561. The Labute approximate surface area is 102 Å². The average Bonchev–Trinajstić information content (AvgIpc) is 2.71. The summed E-state index contributed by atoms with van der Waals surface area (Å²) in [5, 5.41) is 0. The topological polar surface area (TPSA) is 26.0 Å². The van der Waals surface area contributed by atoms with Crippen molar-refractivity contribution in [3.05, 3.63) is 53.6 Å². The lowest BCUT2D eigenvalue weighted by Gasteiger charge is -1.98. The smallest absolute Gasteiger partial charge is 0.233 e. The molecule has 3 rings (SSSR count). The highest BCUT2D eigenvalue weighted by Crippen LogP contribution is 2.28. The standard InChI is InChI=1S/C14H9F2NO/c1-8-5-6-12-11(7-8)17-14(18-12)13-9(15)3-2-4-10(13)16/h2-7H,1H3. The van der Waals surface area contributed by atoms with Crippen molar-refractivity contribution >= 4 is 11.1 Å². The fraction of sp³-hybridized carbons (Fsp3) is 0.0714. The molecule has 0 radical (unpaired) electrons. The van der Waals surface area contributed by atoms with Gasteiger partial charge in [-0.1, -0.05) is 12.1 Å². The van der Waals surface area contributed by atoms with Crippen LogP contribution in [0.2, 0.25) is 0 Å². The van der Waals surface area contributed by atoms with Crippen LogP contribution in [-0.2, 0) is 0 Å². The van der Waals surface area contributed by atoms with Gasteiger partial charge in [-0.3, -0.25) is 0 Å². The second-order valence-corrected chi connectivity index (χ2v) is 4.09. The van der Waals surface area contributed by atoms with Crippen LogP contribution in [0.15, 0.2) is 40.8 Å². The minimum Gasteiger partial charge on any atom is -0.436 e. The first kappa shape index (κ1) is 10.9. The molecule has 18 heavy (non-hydrogen) atoms. The van der Waals surface area contributed by atoms with E-state index in [9.17, 15) is 8.78 Å². The van der Waals surface area contributed by atoms with Gasteiger partial charge in [0.2, 0.25) is 5.89 Å². The maximum absolute atomic E-state index is 13.6. The minimum absolute atomic E-state index is 0.0359. The highest BCUT2D eigenvalue weighted by atomic mass is 19.1. The Bertz CT molecular complexity index is 713. The molecule has 1 aromatic heterocycles. The second-order valence-electron chi connectivity index (χ2n) is 4.09. The first-order chi connectivity index (χ1) is 8.65. The Balaban J connectivity index is 2.26. The molecule has 0 aliphatic rings. The van der Waals surface area contributed by atoms with Crippen LogP contribution < -0.4 is 0 Å². The molecule has 4 heteroatoms. The van der Waals surface area contributed by atoms with Crippen molar-refractivity contribution in [1.29, 1.82) is 0 Å². The summed E-state index contributed by atoms with van der Waals surface area (Å²) in [6, 6.07) is 9.06. The van der Waals surface area contributed by atoms with Crippen LogP contribution in [0, 0.1) is 18.6 Å². The molecule has 0 N–H and O–H groups in total. The molecule has 1 heterocycles. The number of rotatable bonds is 1. The number of hydrogen-bond acceptors (Lipinski definition) is 2. The van der Waals surface area contributed by atoms with Gasteiger partial charge in [0.25, 0.3) is 0 Å². The number of oxazole rings is 1. The molecule has 0 amide bonds. The minimum atomic E-state index is -0.682. The molecule has 0 atom stereocenters. The van der Waals surface area contributed by atoms with Gasteiger partial charge in [0.1, 0.15) is 22.7 Å². The molecule has 0 saturated heterocycles. The first-order valence-electron chi connectivity index (χ1n) is 5.47. The van der Waals surface area contributed by atoms with E-state index in [0.29, 0.717) is 11.1 Å². The number of hydrogen-bond donors (Lipinski definition) is 0. The zero-order valence-corrected chi connectivity index (χ0v) is 9.58. The van der Waals surface area contributed by atoms with Gasteiger partial charge in [0, 0.05) is 0 Å². The third kappa shape index (κ3) is 1.66. The van der Waals surface area contributed by atoms with Gasteiger partial charge in [-0.25, -0.2) is 13.8 Å². The molecule has 2 aromatic carbocycles. The maximum Gasteiger partial charge on any atom is 0.233 e. The third-order valence-electron chi connectivity index (χ3n) is 2.72. The summed E-state index contributed by atoms with van der Waals surface area (Å²) < 4.78 is 32.6. The van der Waals surface area contributed by atoms with Gasteiger partial charge >= 0.3 is 0 Å². The maximum atomic E-state index is 13.6. The Morgan fingerprint density at radius 3 is 2.50 bits per heavy atom. The van der Waals surface area contributed by atoms with Crippen molar-refractivity contribution in [2.45, 2.75) is 6.92 Å². The molecule has 0 saturated carbocycles. The van der Waals surface area contributed by atoms with Crippen LogP contribution in [0.25, 0.3) is 22.6 Å². The zero-order valence-electron chi connectivity index (χ0n) is 9.58. The molecule has 0 fully saturated rings. The summed E-state index contributed by atoms with van der Waals surface area (Å²) in [5.41, 5.74) is 1.88. The Morgan fingerprint density at radius 2 is 1.78 bits per heavy atom. The molecule has 0 spiro atoms.